The van der Waals surface area contributed by atoms with Gasteiger partial charge in [-0.2, -0.15) is 4.31 Å². The summed E-state index contributed by atoms with van der Waals surface area (Å²) in [5.41, 5.74) is 3.82. The van der Waals surface area contributed by atoms with Crippen LogP contribution in [0.4, 0.5) is 11.4 Å². The molecule has 1 fully saturated rings. The molecule has 0 spiro atoms. The Morgan fingerprint density at radius 2 is 2.00 bits per heavy atom. The molecule has 2 N–H and O–H groups in total. The molecule has 8 nitrogen and oxygen atoms in total. The molecule has 2 aliphatic rings. The fourth-order valence-corrected chi connectivity index (χ4v) is 6.31. The van der Waals surface area contributed by atoms with Gasteiger partial charge in [-0.25, -0.2) is 8.42 Å². The van der Waals surface area contributed by atoms with E-state index in [1.54, 1.807) is 19.9 Å². The average Bonchev–Trinajstić information content (AvgIpc) is 2.81. The van der Waals surface area contributed by atoms with Gasteiger partial charge in [0, 0.05) is 24.8 Å². The van der Waals surface area contributed by atoms with Crippen molar-refractivity contribution >= 4 is 33.2 Å². The molecule has 2 amide bonds. The number of ether oxygens (including phenoxy) is 1. The number of hydrogen-bond acceptors (Lipinski definition) is 5. The van der Waals surface area contributed by atoms with Crippen LogP contribution in [0.15, 0.2) is 35.2 Å². The van der Waals surface area contributed by atoms with Crippen molar-refractivity contribution in [3.05, 3.63) is 47.0 Å². The van der Waals surface area contributed by atoms with Crippen LogP contribution < -0.4 is 15.4 Å². The standard InChI is InChI=1S/C25H31N3O5S/c1-5-18-9-6-8-15(2)23(18)27-25(30)19-10-7-11-28(14-19)34(31,32)22-13-21-20(12-16(22)3)26-24(29)17(4)33-21/h6,8-9,12-13,17,19H,5,7,10-11,14H2,1-4H3,(H,26,29)(H,27,30)/t17-,19-/m0/s1. The summed E-state index contributed by atoms with van der Waals surface area (Å²) in [4.78, 5) is 25.1. The highest BCUT2D eigenvalue weighted by molar-refractivity contribution is 7.89. The third-order valence-corrected chi connectivity index (χ3v) is 8.58. The number of para-hydroxylation sites is 1. The molecule has 0 aromatic heterocycles. The number of hydrogen-bond donors (Lipinski definition) is 2. The minimum atomic E-state index is -3.86. The average molecular weight is 486 g/mol. The molecule has 2 atom stereocenters. The zero-order chi connectivity index (χ0) is 24.6. The van der Waals surface area contributed by atoms with Crippen LogP contribution in [0, 0.1) is 19.8 Å². The number of carbonyl (C=O) groups is 2. The SMILES string of the molecule is CCc1cccc(C)c1NC(=O)[C@H]1CCCN(S(=O)(=O)c2cc3c(cc2C)NC(=O)[C@H](C)O3)C1. The number of anilines is 2. The number of carbonyl (C=O) groups excluding carboxylic acids is 2. The lowest BCUT2D eigenvalue weighted by Gasteiger charge is -2.32. The highest BCUT2D eigenvalue weighted by atomic mass is 32.2. The second-order valence-electron chi connectivity index (χ2n) is 9.02. The molecule has 2 aliphatic heterocycles. The first-order chi connectivity index (χ1) is 16.1. The molecule has 34 heavy (non-hydrogen) atoms. The summed E-state index contributed by atoms with van der Waals surface area (Å²) in [6, 6.07) is 9.00. The van der Waals surface area contributed by atoms with E-state index in [1.165, 1.54) is 10.4 Å². The smallest absolute Gasteiger partial charge is 0.265 e. The number of sulfonamides is 1. The van der Waals surface area contributed by atoms with Crippen LogP contribution in [-0.2, 0) is 26.0 Å². The van der Waals surface area contributed by atoms with Crippen molar-refractivity contribution in [1.29, 1.82) is 0 Å². The number of amides is 2. The monoisotopic (exact) mass is 485 g/mol. The maximum absolute atomic E-state index is 13.6. The maximum Gasteiger partial charge on any atom is 0.265 e. The summed E-state index contributed by atoms with van der Waals surface area (Å²) in [6.07, 6.45) is 1.31. The van der Waals surface area contributed by atoms with Crippen LogP contribution in [-0.4, -0.2) is 43.7 Å². The van der Waals surface area contributed by atoms with Gasteiger partial charge in [-0.3, -0.25) is 9.59 Å². The molecule has 2 aromatic carbocycles. The van der Waals surface area contributed by atoms with E-state index in [4.69, 9.17) is 4.74 Å². The fraction of sp³-hybridized carbons (Fsp3) is 0.440. The van der Waals surface area contributed by atoms with Crippen LogP contribution in [0.5, 0.6) is 5.75 Å². The Bertz CT molecular complexity index is 1240. The molecule has 4 rings (SSSR count). The number of aryl methyl sites for hydroxylation is 3. The first kappa shape index (κ1) is 24.2. The van der Waals surface area contributed by atoms with Gasteiger partial charge in [-0.05, 0) is 62.8 Å². The van der Waals surface area contributed by atoms with Crippen molar-refractivity contribution < 1.29 is 22.7 Å². The van der Waals surface area contributed by atoms with Gasteiger partial charge >= 0.3 is 0 Å². The molecule has 9 heteroatoms. The Hall–Kier alpha value is -2.91. The number of benzene rings is 2. The summed E-state index contributed by atoms with van der Waals surface area (Å²) in [5.74, 6) is -0.547. The number of piperidine rings is 1. The fourth-order valence-electron chi connectivity index (χ4n) is 4.56. The van der Waals surface area contributed by atoms with Crippen LogP contribution in [0.3, 0.4) is 0 Å². The summed E-state index contributed by atoms with van der Waals surface area (Å²) in [7, 11) is -3.86. The van der Waals surface area contributed by atoms with Gasteiger partial charge in [0.1, 0.15) is 5.75 Å². The third kappa shape index (κ3) is 4.54. The van der Waals surface area contributed by atoms with Crippen molar-refractivity contribution in [1.82, 2.24) is 4.31 Å². The van der Waals surface area contributed by atoms with Crippen molar-refractivity contribution in [3.63, 3.8) is 0 Å². The molecular formula is C25H31N3O5S. The summed E-state index contributed by atoms with van der Waals surface area (Å²) < 4.78 is 34.2. The number of nitrogens with one attached hydrogen (secondary N) is 2. The van der Waals surface area contributed by atoms with Crippen molar-refractivity contribution in [2.24, 2.45) is 5.92 Å². The first-order valence-corrected chi connectivity index (χ1v) is 13.1. The molecular weight excluding hydrogens is 454 g/mol. The van der Waals surface area contributed by atoms with Crippen molar-refractivity contribution in [2.45, 2.75) is 58.0 Å². The second kappa shape index (κ2) is 9.38. The van der Waals surface area contributed by atoms with E-state index in [9.17, 15) is 18.0 Å². The van der Waals surface area contributed by atoms with Gasteiger partial charge < -0.3 is 15.4 Å². The van der Waals surface area contributed by atoms with E-state index in [0.717, 1.165) is 23.2 Å². The topological polar surface area (TPSA) is 105 Å². The zero-order valence-electron chi connectivity index (χ0n) is 20.0. The van der Waals surface area contributed by atoms with E-state index in [0.29, 0.717) is 36.4 Å². The Balaban J connectivity index is 1.56. The Labute approximate surface area is 200 Å². The van der Waals surface area contributed by atoms with Gasteiger partial charge in [-0.15, -0.1) is 0 Å². The predicted molar refractivity (Wildman–Crippen MR) is 131 cm³/mol. The van der Waals surface area contributed by atoms with Gasteiger partial charge in [-0.1, -0.05) is 25.1 Å². The highest BCUT2D eigenvalue weighted by Gasteiger charge is 2.35. The van der Waals surface area contributed by atoms with Crippen LogP contribution in [0.25, 0.3) is 0 Å². The number of fused-ring (bicyclic) bond motifs is 1. The van der Waals surface area contributed by atoms with E-state index in [1.807, 2.05) is 32.0 Å². The molecule has 0 radical (unpaired) electrons. The normalized spacial score (nSPS) is 20.8. The quantitative estimate of drug-likeness (QED) is 0.673. The van der Waals surface area contributed by atoms with Crippen molar-refractivity contribution in [3.8, 4) is 5.75 Å². The van der Waals surface area contributed by atoms with E-state index in [2.05, 4.69) is 10.6 Å². The second-order valence-corrected chi connectivity index (χ2v) is 10.9. The minimum absolute atomic E-state index is 0.117. The van der Waals surface area contributed by atoms with Crippen LogP contribution >= 0.6 is 0 Å². The molecule has 2 heterocycles. The first-order valence-electron chi connectivity index (χ1n) is 11.6. The molecule has 0 bridgehead atoms. The summed E-state index contributed by atoms with van der Waals surface area (Å²) in [6.45, 7) is 7.76. The molecule has 1 saturated heterocycles. The molecule has 0 unspecified atom stereocenters. The van der Waals surface area contributed by atoms with E-state index >= 15 is 0 Å². The molecule has 0 aliphatic carbocycles. The molecule has 2 aromatic rings. The Kier molecular flexibility index (Phi) is 6.69. The Morgan fingerprint density at radius 3 is 2.74 bits per heavy atom. The number of rotatable bonds is 5. The van der Waals surface area contributed by atoms with Crippen LogP contribution in [0.1, 0.15) is 43.4 Å². The van der Waals surface area contributed by atoms with E-state index < -0.39 is 22.0 Å². The maximum atomic E-state index is 13.6. The largest absolute Gasteiger partial charge is 0.479 e. The lowest BCUT2D eigenvalue weighted by Crippen LogP contribution is -2.44. The van der Waals surface area contributed by atoms with Gasteiger partial charge in [0.15, 0.2) is 6.10 Å². The molecule has 182 valence electrons. The van der Waals surface area contributed by atoms with Crippen LogP contribution in [0.2, 0.25) is 0 Å². The zero-order valence-corrected chi connectivity index (χ0v) is 20.8. The highest BCUT2D eigenvalue weighted by Crippen LogP contribution is 2.36. The van der Waals surface area contributed by atoms with Gasteiger partial charge in [0.2, 0.25) is 15.9 Å². The summed E-state index contributed by atoms with van der Waals surface area (Å²) >= 11 is 0. The Morgan fingerprint density at radius 1 is 1.24 bits per heavy atom. The molecule has 0 saturated carbocycles. The lowest BCUT2D eigenvalue weighted by molar-refractivity contribution is -0.123. The lowest BCUT2D eigenvalue weighted by atomic mass is 9.98. The van der Waals surface area contributed by atoms with Gasteiger partial charge in [0.25, 0.3) is 5.91 Å². The predicted octanol–water partition coefficient (Wildman–Crippen LogP) is 3.62. The van der Waals surface area contributed by atoms with Crippen molar-refractivity contribution in [2.75, 3.05) is 23.7 Å². The van der Waals surface area contributed by atoms with Gasteiger partial charge in [0.05, 0.1) is 16.5 Å². The minimum Gasteiger partial charge on any atom is -0.479 e. The van der Waals surface area contributed by atoms with E-state index in [-0.39, 0.29) is 23.3 Å². The number of nitrogens with zero attached hydrogens (tertiary/aromatic N) is 1. The third-order valence-electron chi connectivity index (χ3n) is 6.57. The summed E-state index contributed by atoms with van der Waals surface area (Å²) in [5, 5.41) is 5.79.